The second kappa shape index (κ2) is 7.86. The van der Waals surface area contributed by atoms with Crippen LogP contribution in [0.2, 0.25) is 0 Å². The van der Waals surface area contributed by atoms with Gasteiger partial charge in [0.1, 0.15) is 0 Å². The Kier molecular flexibility index (Phi) is 5.77. The lowest BCUT2D eigenvalue weighted by Crippen LogP contribution is -2.30. The maximum absolute atomic E-state index is 13.1. The number of carbonyl (C=O) groups is 2. The summed E-state index contributed by atoms with van der Waals surface area (Å²) in [5, 5.41) is 0. The second-order valence-corrected chi connectivity index (χ2v) is 9.42. The van der Waals surface area contributed by atoms with E-state index in [1.807, 2.05) is 30.3 Å². The summed E-state index contributed by atoms with van der Waals surface area (Å²) >= 11 is 0. The molecule has 0 radical (unpaired) electrons. The van der Waals surface area contributed by atoms with Crippen LogP contribution in [0.4, 0.5) is 0 Å². The molecule has 2 aromatic carbocycles. The van der Waals surface area contributed by atoms with Gasteiger partial charge < -0.3 is 4.74 Å². The van der Waals surface area contributed by atoms with Crippen LogP contribution < -0.4 is 0 Å². The fraction of sp³-hybridized carbons (Fsp3) is 0.407. The molecule has 0 saturated carbocycles. The molecule has 0 fully saturated rings. The Bertz CT molecular complexity index is 1010. The first-order chi connectivity index (χ1) is 14.0. The minimum absolute atomic E-state index is 0.0172. The van der Waals surface area contributed by atoms with Gasteiger partial charge in [0.25, 0.3) is 0 Å². The molecule has 0 saturated heterocycles. The van der Waals surface area contributed by atoms with Crippen molar-refractivity contribution in [3.8, 4) is 0 Å². The van der Waals surface area contributed by atoms with Crippen LogP contribution in [-0.2, 0) is 20.4 Å². The summed E-state index contributed by atoms with van der Waals surface area (Å²) in [6.45, 7) is 15.3. The minimum atomic E-state index is -0.324. The maximum atomic E-state index is 13.1. The zero-order valence-electron chi connectivity index (χ0n) is 19.1. The SMILES string of the molecule is CCOC(=O)/C(C)=C/c1ccc(C(=O)c2ccc3c(c2)C(C)(C)C(C)C3(C)C)cc1. The lowest BCUT2D eigenvalue weighted by Gasteiger charge is -2.32. The molecular weight excluding hydrogens is 372 g/mol. The summed E-state index contributed by atoms with van der Waals surface area (Å²) in [7, 11) is 0. The highest BCUT2D eigenvalue weighted by Gasteiger charge is 2.48. The van der Waals surface area contributed by atoms with Crippen LogP contribution in [0.15, 0.2) is 48.0 Å². The fourth-order valence-corrected chi connectivity index (χ4v) is 4.60. The standard InChI is InChI=1S/C27H32O3/c1-8-30-25(29)17(2)15-19-9-11-20(12-10-19)24(28)21-13-14-22-23(16-21)27(6,7)18(3)26(22,4)5/h9-16,18H,8H2,1-7H3/b17-15+. The Hall–Kier alpha value is -2.68. The van der Waals surface area contributed by atoms with Crippen LogP contribution in [0.25, 0.3) is 6.08 Å². The van der Waals surface area contributed by atoms with Crippen molar-refractivity contribution in [1.82, 2.24) is 0 Å². The van der Waals surface area contributed by atoms with Crippen LogP contribution in [0.1, 0.15) is 81.1 Å². The predicted octanol–water partition coefficient (Wildman–Crippen LogP) is 6.09. The van der Waals surface area contributed by atoms with Crippen LogP contribution in [0, 0.1) is 5.92 Å². The molecule has 30 heavy (non-hydrogen) atoms. The van der Waals surface area contributed by atoms with E-state index in [1.54, 1.807) is 19.9 Å². The van der Waals surface area contributed by atoms with Crippen molar-refractivity contribution in [3.63, 3.8) is 0 Å². The topological polar surface area (TPSA) is 43.4 Å². The van der Waals surface area contributed by atoms with E-state index in [4.69, 9.17) is 4.74 Å². The Labute approximate surface area is 180 Å². The Balaban J connectivity index is 1.88. The molecule has 0 heterocycles. The molecule has 1 unspecified atom stereocenters. The lowest BCUT2D eigenvalue weighted by atomic mass is 9.71. The smallest absolute Gasteiger partial charge is 0.333 e. The summed E-state index contributed by atoms with van der Waals surface area (Å²) < 4.78 is 5.01. The molecule has 0 aliphatic heterocycles. The molecular formula is C27H32O3. The van der Waals surface area contributed by atoms with Gasteiger partial charge in [-0.3, -0.25) is 4.79 Å². The Morgan fingerprint density at radius 3 is 2.10 bits per heavy atom. The van der Waals surface area contributed by atoms with Gasteiger partial charge in [-0.05, 0) is 59.4 Å². The molecule has 0 N–H and O–H groups in total. The lowest BCUT2D eigenvalue weighted by molar-refractivity contribution is -0.138. The number of fused-ring (bicyclic) bond motifs is 1. The van der Waals surface area contributed by atoms with Crippen LogP contribution in [0.3, 0.4) is 0 Å². The van der Waals surface area contributed by atoms with Crippen molar-refractivity contribution < 1.29 is 14.3 Å². The molecule has 1 aliphatic rings. The van der Waals surface area contributed by atoms with Crippen molar-refractivity contribution in [3.05, 3.63) is 75.9 Å². The number of rotatable bonds is 5. The summed E-state index contributed by atoms with van der Waals surface area (Å²) in [5.41, 5.74) is 5.49. The van der Waals surface area contributed by atoms with Gasteiger partial charge in [-0.15, -0.1) is 0 Å². The van der Waals surface area contributed by atoms with E-state index in [1.165, 1.54) is 11.1 Å². The van der Waals surface area contributed by atoms with E-state index in [0.717, 1.165) is 11.1 Å². The molecule has 0 amide bonds. The molecule has 2 aromatic rings. The monoisotopic (exact) mass is 404 g/mol. The van der Waals surface area contributed by atoms with Crippen molar-refractivity contribution in [2.45, 2.75) is 59.3 Å². The first-order valence-corrected chi connectivity index (χ1v) is 10.6. The van der Waals surface area contributed by atoms with Gasteiger partial charge in [-0.2, -0.15) is 0 Å². The van der Waals surface area contributed by atoms with Gasteiger partial charge in [0.2, 0.25) is 0 Å². The van der Waals surface area contributed by atoms with Crippen LogP contribution in [0.5, 0.6) is 0 Å². The van der Waals surface area contributed by atoms with Gasteiger partial charge in [-0.25, -0.2) is 4.79 Å². The third-order valence-corrected chi connectivity index (χ3v) is 6.99. The van der Waals surface area contributed by atoms with E-state index in [-0.39, 0.29) is 22.6 Å². The number of ketones is 1. The summed E-state index contributed by atoms with van der Waals surface area (Å²) in [6.07, 6.45) is 1.77. The maximum Gasteiger partial charge on any atom is 0.333 e. The van der Waals surface area contributed by atoms with E-state index in [2.05, 4.69) is 46.8 Å². The van der Waals surface area contributed by atoms with Gasteiger partial charge >= 0.3 is 5.97 Å². The first-order valence-electron chi connectivity index (χ1n) is 10.6. The number of benzene rings is 2. The van der Waals surface area contributed by atoms with E-state index in [0.29, 0.717) is 23.7 Å². The van der Waals surface area contributed by atoms with Crippen LogP contribution in [-0.4, -0.2) is 18.4 Å². The largest absolute Gasteiger partial charge is 0.463 e. The van der Waals surface area contributed by atoms with Gasteiger partial charge in [0.05, 0.1) is 6.61 Å². The molecule has 3 nitrogen and oxygen atoms in total. The zero-order chi connectivity index (χ0) is 22.3. The summed E-state index contributed by atoms with van der Waals surface area (Å²) in [6, 6.07) is 13.5. The Morgan fingerprint density at radius 2 is 1.50 bits per heavy atom. The first kappa shape index (κ1) is 22.0. The van der Waals surface area contributed by atoms with E-state index < -0.39 is 0 Å². The van der Waals surface area contributed by atoms with E-state index in [9.17, 15) is 9.59 Å². The van der Waals surface area contributed by atoms with Crippen molar-refractivity contribution in [2.24, 2.45) is 5.92 Å². The number of esters is 1. The molecule has 0 spiro atoms. The fourth-order valence-electron chi connectivity index (χ4n) is 4.60. The van der Waals surface area contributed by atoms with Crippen molar-refractivity contribution in [1.29, 1.82) is 0 Å². The molecule has 0 bridgehead atoms. The molecule has 0 aromatic heterocycles. The van der Waals surface area contributed by atoms with Gasteiger partial charge in [0, 0.05) is 16.7 Å². The van der Waals surface area contributed by atoms with Gasteiger partial charge in [0.15, 0.2) is 5.78 Å². The normalized spacial score (nSPS) is 19.3. The summed E-state index contributed by atoms with van der Waals surface area (Å²) in [4.78, 5) is 24.9. The predicted molar refractivity (Wildman–Crippen MR) is 122 cm³/mol. The van der Waals surface area contributed by atoms with E-state index >= 15 is 0 Å². The van der Waals surface area contributed by atoms with Crippen molar-refractivity contribution >= 4 is 17.8 Å². The number of carbonyl (C=O) groups excluding carboxylic acids is 2. The Morgan fingerprint density at radius 1 is 0.933 bits per heavy atom. The number of hydrogen-bond donors (Lipinski definition) is 0. The highest BCUT2D eigenvalue weighted by atomic mass is 16.5. The molecule has 158 valence electrons. The van der Waals surface area contributed by atoms with Gasteiger partial charge in [-0.1, -0.05) is 71.0 Å². The van der Waals surface area contributed by atoms with Crippen LogP contribution >= 0.6 is 0 Å². The highest BCUT2D eigenvalue weighted by Crippen LogP contribution is 2.53. The third kappa shape index (κ3) is 3.74. The average molecular weight is 405 g/mol. The molecule has 1 aliphatic carbocycles. The molecule has 3 rings (SSSR count). The quantitative estimate of drug-likeness (QED) is 0.344. The molecule has 3 heteroatoms. The summed E-state index contributed by atoms with van der Waals surface area (Å²) in [5.74, 6) is 0.179. The third-order valence-electron chi connectivity index (χ3n) is 6.99. The van der Waals surface area contributed by atoms with Crippen molar-refractivity contribution in [2.75, 3.05) is 6.61 Å². The number of ether oxygens (including phenoxy) is 1. The average Bonchev–Trinajstić information content (AvgIpc) is 2.85. The number of hydrogen-bond acceptors (Lipinski definition) is 3. The molecule has 1 atom stereocenters. The highest BCUT2D eigenvalue weighted by molar-refractivity contribution is 6.09. The second-order valence-electron chi connectivity index (χ2n) is 9.42. The zero-order valence-corrected chi connectivity index (χ0v) is 19.1. The minimum Gasteiger partial charge on any atom is -0.463 e.